The van der Waals surface area contributed by atoms with Crippen LogP contribution in [0.3, 0.4) is 0 Å². The van der Waals surface area contributed by atoms with E-state index in [1.165, 1.54) is 32.8 Å². The van der Waals surface area contributed by atoms with E-state index in [1.807, 2.05) is 0 Å². The molecule has 0 bridgehead atoms. The van der Waals surface area contributed by atoms with Gasteiger partial charge in [0.15, 0.2) is 0 Å². The van der Waals surface area contributed by atoms with Crippen LogP contribution >= 0.6 is 0 Å². The summed E-state index contributed by atoms with van der Waals surface area (Å²) < 4.78 is 4.91. The molecule has 1 N–H and O–H groups in total. The second kappa shape index (κ2) is 7.88. The van der Waals surface area contributed by atoms with Crippen LogP contribution < -0.4 is 5.32 Å². The second-order valence-electron chi connectivity index (χ2n) is 6.73. The van der Waals surface area contributed by atoms with Crippen molar-refractivity contribution < 1.29 is 9.53 Å². The first-order chi connectivity index (χ1) is 8.93. The van der Waals surface area contributed by atoms with Crippen molar-refractivity contribution in [1.82, 2.24) is 5.32 Å². The van der Waals surface area contributed by atoms with Gasteiger partial charge in [0.1, 0.15) is 6.04 Å². The van der Waals surface area contributed by atoms with Crippen molar-refractivity contribution in [3.05, 3.63) is 0 Å². The molecule has 0 spiro atoms. The number of carbonyl (C=O) groups excluding carboxylic acids is 1. The van der Waals surface area contributed by atoms with Crippen LogP contribution in [0.5, 0.6) is 0 Å². The Labute approximate surface area is 118 Å². The lowest BCUT2D eigenvalue weighted by molar-refractivity contribution is -0.143. The molecule has 1 saturated carbocycles. The highest BCUT2D eigenvalue weighted by molar-refractivity contribution is 5.75. The molecule has 1 aliphatic rings. The van der Waals surface area contributed by atoms with E-state index in [2.05, 4.69) is 33.0 Å². The van der Waals surface area contributed by atoms with Crippen molar-refractivity contribution in [2.24, 2.45) is 17.8 Å². The minimum Gasteiger partial charge on any atom is -0.468 e. The number of esters is 1. The Morgan fingerprint density at radius 1 is 1.16 bits per heavy atom. The summed E-state index contributed by atoms with van der Waals surface area (Å²) >= 11 is 0. The number of nitrogens with one attached hydrogen (secondary N) is 1. The highest BCUT2D eigenvalue weighted by Crippen LogP contribution is 2.30. The third kappa shape index (κ3) is 5.52. The fourth-order valence-corrected chi connectivity index (χ4v) is 3.08. The van der Waals surface area contributed by atoms with E-state index in [9.17, 15) is 4.79 Å². The molecular weight excluding hydrogens is 238 g/mol. The van der Waals surface area contributed by atoms with E-state index in [0.717, 1.165) is 18.3 Å². The molecule has 0 amide bonds. The predicted molar refractivity (Wildman–Crippen MR) is 79.0 cm³/mol. The zero-order valence-electron chi connectivity index (χ0n) is 13.2. The van der Waals surface area contributed by atoms with E-state index in [1.54, 1.807) is 0 Å². The Hall–Kier alpha value is -0.570. The first-order valence-corrected chi connectivity index (χ1v) is 7.77. The number of carbonyl (C=O) groups is 1. The van der Waals surface area contributed by atoms with Crippen LogP contribution in [0, 0.1) is 17.8 Å². The van der Waals surface area contributed by atoms with Crippen LogP contribution in [-0.2, 0) is 9.53 Å². The average Bonchev–Trinajstić information content (AvgIpc) is 2.37. The quantitative estimate of drug-likeness (QED) is 0.751. The third-order valence-corrected chi connectivity index (χ3v) is 4.34. The first kappa shape index (κ1) is 16.5. The molecule has 1 atom stereocenters. The molecule has 3 nitrogen and oxygen atoms in total. The summed E-state index contributed by atoms with van der Waals surface area (Å²) in [6.45, 7) is 8.92. The van der Waals surface area contributed by atoms with Gasteiger partial charge in [-0.3, -0.25) is 4.79 Å². The fourth-order valence-electron chi connectivity index (χ4n) is 3.08. The van der Waals surface area contributed by atoms with Gasteiger partial charge in [0.25, 0.3) is 0 Å². The summed E-state index contributed by atoms with van der Waals surface area (Å²) in [7, 11) is 1.48. The van der Waals surface area contributed by atoms with E-state index in [0.29, 0.717) is 12.0 Å². The summed E-state index contributed by atoms with van der Waals surface area (Å²) in [5.41, 5.74) is 0. The summed E-state index contributed by atoms with van der Waals surface area (Å²) in [6, 6.07) is 0.350. The molecule has 112 valence electrons. The van der Waals surface area contributed by atoms with E-state index in [4.69, 9.17) is 4.74 Å². The van der Waals surface area contributed by atoms with Crippen molar-refractivity contribution in [2.75, 3.05) is 7.11 Å². The van der Waals surface area contributed by atoms with Crippen LogP contribution in [0.4, 0.5) is 0 Å². The van der Waals surface area contributed by atoms with Crippen LogP contribution in [-0.4, -0.2) is 25.2 Å². The van der Waals surface area contributed by atoms with Gasteiger partial charge in [-0.25, -0.2) is 0 Å². The van der Waals surface area contributed by atoms with Crippen molar-refractivity contribution >= 4 is 5.97 Å². The molecule has 1 unspecified atom stereocenters. The predicted octanol–water partition coefficient (Wildman–Crippen LogP) is 3.38. The van der Waals surface area contributed by atoms with Crippen molar-refractivity contribution in [3.8, 4) is 0 Å². The maximum absolute atomic E-state index is 11.8. The van der Waals surface area contributed by atoms with Gasteiger partial charge in [0, 0.05) is 6.04 Å². The Balaban J connectivity index is 2.45. The normalized spacial score (nSPS) is 25.6. The first-order valence-electron chi connectivity index (χ1n) is 7.77. The molecule has 1 rings (SSSR count). The zero-order chi connectivity index (χ0) is 14.4. The number of rotatable bonds is 6. The van der Waals surface area contributed by atoms with Crippen LogP contribution in [0.2, 0.25) is 0 Å². The minimum absolute atomic E-state index is 0.111. The third-order valence-electron chi connectivity index (χ3n) is 4.34. The highest BCUT2D eigenvalue weighted by atomic mass is 16.5. The Kier molecular flexibility index (Phi) is 6.84. The van der Waals surface area contributed by atoms with Gasteiger partial charge in [-0.1, -0.05) is 27.7 Å². The smallest absolute Gasteiger partial charge is 0.322 e. The molecule has 0 aromatic carbocycles. The monoisotopic (exact) mass is 269 g/mol. The number of methoxy groups -OCH3 is 1. The number of hydrogen-bond acceptors (Lipinski definition) is 3. The maximum Gasteiger partial charge on any atom is 0.322 e. The molecule has 0 saturated heterocycles. The molecule has 19 heavy (non-hydrogen) atoms. The SMILES string of the molecule is COC(=O)C(CC(C)C)NC1CCC(C(C)C)CC1. The van der Waals surface area contributed by atoms with Gasteiger partial charge in [-0.2, -0.15) is 0 Å². The van der Waals surface area contributed by atoms with Gasteiger partial charge in [0.05, 0.1) is 7.11 Å². The number of hydrogen-bond donors (Lipinski definition) is 1. The molecule has 0 radical (unpaired) electrons. The van der Waals surface area contributed by atoms with Gasteiger partial charge >= 0.3 is 5.97 Å². The largest absolute Gasteiger partial charge is 0.468 e. The Morgan fingerprint density at radius 3 is 2.16 bits per heavy atom. The van der Waals surface area contributed by atoms with Crippen molar-refractivity contribution in [3.63, 3.8) is 0 Å². The van der Waals surface area contributed by atoms with Crippen molar-refractivity contribution in [2.45, 2.75) is 71.9 Å². The molecule has 0 heterocycles. The highest BCUT2D eigenvalue weighted by Gasteiger charge is 2.28. The van der Waals surface area contributed by atoms with Gasteiger partial charge in [-0.05, 0) is 49.9 Å². The lowest BCUT2D eigenvalue weighted by Gasteiger charge is -2.33. The molecule has 0 aromatic rings. The molecule has 1 fully saturated rings. The fraction of sp³-hybridized carbons (Fsp3) is 0.938. The van der Waals surface area contributed by atoms with Crippen LogP contribution in [0.25, 0.3) is 0 Å². The van der Waals surface area contributed by atoms with E-state index in [-0.39, 0.29) is 12.0 Å². The molecule has 0 aromatic heterocycles. The maximum atomic E-state index is 11.8. The van der Waals surface area contributed by atoms with Crippen LogP contribution in [0.1, 0.15) is 59.8 Å². The summed E-state index contributed by atoms with van der Waals surface area (Å²) in [4.78, 5) is 11.8. The summed E-state index contributed by atoms with van der Waals surface area (Å²) in [5.74, 6) is 2.04. The lowest BCUT2D eigenvalue weighted by atomic mass is 9.79. The Bertz CT molecular complexity index is 268. The van der Waals surface area contributed by atoms with E-state index >= 15 is 0 Å². The second-order valence-corrected chi connectivity index (χ2v) is 6.73. The minimum atomic E-state index is -0.134. The van der Waals surface area contributed by atoms with E-state index < -0.39 is 0 Å². The number of ether oxygens (including phenoxy) is 1. The average molecular weight is 269 g/mol. The molecular formula is C16H31NO2. The van der Waals surface area contributed by atoms with Gasteiger partial charge < -0.3 is 10.1 Å². The van der Waals surface area contributed by atoms with Gasteiger partial charge in [-0.15, -0.1) is 0 Å². The molecule has 3 heteroatoms. The summed E-state index contributed by atoms with van der Waals surface area (Å²) in [5, 5.41) is 3.52. The van der Waals surface area contributed by atoms with Crippen LogP contribution in [0.15, 0.2) is 0 Å². The summed E-state index contributed by atoms with van der Waals surface area (Å²) in [6.07, 6.45) is 5.80. The molecule has 0 aliphatic heterocycles. The molecule has 1 aliphatic carbocycles. The lowest BCUT2D eigenvalue weighted by Crippen LogP contribution is -2.46. The topological polar surface area (TPSA) is 38.3 Å². The standard InChI is InChI=1S/C16H31NO2/c1-11(2)10-15(16(18)19-5)17-14-8-6-13(7-9-14)12(3)4/h11-15,17H,6-10H2,1-5H3. The Morgan fingerprint density at radius 2 is 1.74 bits per heavy atom. The van der Waals surface area contributed by atoms with Gasteiger partial charge in [0.2, 0.25) is 0 Å². The van der Waals surface area contributed by atoms with Crippen molar-refractivity contribution in [1.29, 1.82) is 0 Å². The zero-order valence-corrected chi connectivity index (χ0v) is 13.2.